The molecular weight excluding hydrogens is 334 g/mol. The van der Waals surface area contributed by atoms with Crippen LogP contribution in [-0.2, 0) is 20.7 Å². The number of thiazole rings is 1. The molecule has 9 heteroatoms. The standard InChI is InChI=1S/C15H15N3O5S/c1-9-8-24-14(16-9)6-12(20)17-18-13(21)7-23-15(22)10-2-4-11(19)5-3-10/h2-5,8,19H,6-7H2,1H3,(H,17,20)(H,18,21). The molecule has 0 aliphatic heterocycles. The highest BCUT2D eigenvalue weighted by Crippen LogP contribution is 2.10. The van der Waals surface area contributed by atoms with Crippen molar-refractivity contribution in [2.45, 2.75) is 13.3 Å². The fourth-order valence-corrected chi connectivity index (χ4v) is 2.42. The highest BCUT2D eigenvalue weighted by atomic mass is 32.1. The zero-order valence-corrected chi connectivity index (χ0v) is 13.6. The average molecular weight is 349 g/mol. The number of aryl methyl sites for hydroxylation is 1. The summed E-state index contributed by atoms with van der Waals surface area (Å²) in [6.07, 6.45) is 0.0477. The van der Waals surface area contributed by atoms with Gasteiger partial charge in [-0.1, -0.05) is 0 Å². The molecule has 0 saturated carbocycles. The van der Waals surface area contributed by atoms with Crippen LogP contribution in [0.4, 0.5) is 0 Å². The van der Waals surface area contributed by atoms with Gasteiger partial charge in [-0.3, -0.25) is 20.4 Å². The van der Waals surface area contributed by atoms with E-state index in [1.165, 1.54) is 35.6 Å². The summed E-state index contributed by atoms with van der Waals surface area (Å²) in [5.74, 6) is -1.80. The minimum Gasteiger partial charge on any atom is -0.508 e. The van der Waals surface area contributed by atoms with E-state index in [0.29, 0.717) is 5.01 Å². The molecule has 0 atom stereocenters. The molecule has 0 aliphatic carbocycles. The maximum atomic E-state index is 11.7. The van der Waals surface area contributed by atoms with Crippen LogP contribution in [0.5, 0.6) is 5.75 Å². The summed E-state index contributed by atoms with van der Waals surface area (Å²) in [6.45, 7) is 1.28. The zero-order chi connectivity index (χ0) is 17.5. The Morgan fingerprint density at radius 3 is 2.46 bits per heavy atom. The third-order valence-electron chi connectivity index (χ3n) is 2.76. The summed E-state index contributed by atoms with van der Waals surface area (Å²) in [5, 5.41) is 11.6. The molecule has 0 aliphatic rings. The van der Waals surface area contributed by atoms with Crippen molar-refractivity contribution in [3.63, 3.8) is 0 Å². The van der Waals surface area contributed by atoms with Gasteiger partial charge in [0.25, 0.3) is 5.91 Å². The lowest BCUT2D eigenvalue weighted by atomic mass is 10.2. The second-order valence-corrected chi connectivity index (χ2v) is 5.72. The van der Waals surface area contributed by atoms with Gasteiger partial charge in [0.05, 0.1) is 12.0 Å². The number of phenolic OH excluding ortho intramolecular Hbond substituents is 1. The number of amides is 2. The number of hydrazine groups is 1. The minimum atomic E-state index is -0.713. The molecule has 2 rings (SSSR count). The number of ether oxygens (including phenoxy) is 1. The van der Waals surface area contributed by atoms with Crippen LogP contribution in [0.15, 0.2) is 29.6 Å². The predicted molar refractivity (Wildman–Crippen MR) is 85.2 cm³/mol. The van der Waals surface area contributed by atoms with Crippen molar-refractivity contribution in [1.29, 1.82) is 0 Å². The van der Waals surface area contributed by atoms with Gasteiger partial charge in [0.15, 0.2) is 6.61 Å². The molecule has 0 unspecified atom stereocenters. The molecule has 8 nitrogen and oxygen atoms in total. The molecule has 0 fully saturated rings. The van der Waals surface area contributed by atoms with Gasteiger partial charge in [-0.25, -0.2) is 9.78 Å². The summed E-state index contributed by atoms with van der Waals surface area (Å²) in [5.41, 5.74) is 5.39. The van der Waals surface area contributed by atoms with Gasteiger partial charge >= 0.3 is 5.97 Å². The van der Waals surface area contributed by atoms with E-state index in [9.17, 15) is 14.4 Å². The van der Waals surface area contributed by atoms with Gasteiger partial charge in [-0.15, -0.1) is 11.3 Å². The first-order valence-electron chi connectivity index (χ1n) is 6.89. The van der Waals surface area contributed by atoms with Crippen LogP contribution in [0.1, 0.15) is 21.1 Å². The number of rotatable bonds is 5. The van der Waals surface area contributed by atoms with Crippen LogP contribution < -0.4 is 10.9 Å². The van der Waals surface area contributed by atoms with E-state index in [1.807, 2.05) is 12.3 Å². The molecule has 24 heavy (non-hydrogen) atoms. The molecule has 1 aromatic heterocycles. The number of benzene rings is 1. The Hall–Kier alpha value is -2.94. The van der Waals surface area contributed by atoms with Crippen molar-refractivity contribution in [2.75, 3.05) is 6.61 Å². The van der Waals surface area contributed by atoms with E-state index in [4.69, 9.17) is 9.84 Å². The van der Waals surface area contributed by atoms with Crippen molar-refractivity contribution < 1.29 is 24.2 Å². The van der Waals surface area contributed by atoms with E-state index < -0.39 is 24.4 Å². The van der Waals surface area contributed by atoms with Gasteiger partial charge in [-0.05, 0) is 31.2 Å². The van der Waals surface area contributed by atoms with Crippen molar-refractivity contribution in [2.24, 2.45) is 0 Å². The molecule has 3 N–H and O–H groups in total. The fourth-order valence-electron chi connectivity index (χ4n) is 1.65. The largest absolute Gasteiger partial charge is 0.508 e. The Bertz CT molecular complexity index is 742. The second-order valence-electron chi connectivity index (χ2n) is 4.78. The first-order chi connectivity index (χ1) is 11.4. The van der Waals surface area contributed by atoms with Gasteiger partial charge < -0.3 is 9.84 Å². The van der Waals surface area contributed by atoms with Gasteiger partial charge in [-0.2, -0.15) is 0 Å². The summed E-state index contributed by atoms with van der Waals surface area (Å²) >= 11 is 1.35. The smallest absolute Gasteiger partial charge is 0.338 e. The Morgan fingerprint density at radius 1 is 1.17 bits per heavy atom. The summed E-state index contributed by atoms with van der Waals surface area (Å²) in [7, 11) is 0. The van der Waals surface area contributed by atoms with E-state index in [0.717, 1.165) is 5.69 Å². The number of carbonyl (C=O) groups is 3. The fraction of sp³-hybridized carbons (Fsp3) is 0.200. The van der Waals surface area contributed by atoms with Crippen LogP contribution in [-0.4, -0.2) is 34.5 Å². The van der Waals surface area contributed by atoms with Crippen molar-refractivity contribution in [3.05, 3.63) is 45.9 Å². The predicted octanol–water partition coefficient (Wildman–Crippen LogP) is 0.704. The summed E-state index contributed by atoms with van der Waals surface area (Å²) in [4.78, 5) is 39.0. The van der Waals surface area contributed by atoms with Crippen LogP contribution in [0.2, 0.25) is 0 Å². The Balaban J connectivity index is 1.70. The number of aromatic nitrogens is 1. The van der Waals surface area contributed by atoms with Crippen LogP contribution in [0.3, 0.4) is 0 Å². The maximum absolute atomic E-state index is 11.7. The summed E-state index contributed by atoms with van der Waals surface area (Å²) < 4.78 is 4.79. The van der Waals surface area contributed by atoms with Crippen molar-refractivity contribution in [3.8, 4) is 5.75 Å². The topological polar surface area (TPSA) is 118 Å². The lowest BCUT2D eigenvalue weighted by Gasteiger charge is -2.07. The Kier molecular flexibility index (Phi) is 5.85. The van der Waals surface area contributed by atoms with Gasteiger partial charge in [0, 0.05) is 11.1 Å². The monoisotopic (exact) mass is 349 g/mol. The molecule has 0 bridgehead atoms. The zero-order valence-electron chi connectivity index (χ0n) is 12.7. The molecule has 1 heterocycles. The number of esters is 1. The normalized spacial score (nSPS) is 10.0. The minimum absolute atomic E-state index is 0.0161. The van der Waals surface area contributed by atoms with Gasteiger partial charge in [0.1, 0.15) is 10.8 Å². The lowest BCUT2D eigenvalue weighted by Crippen LogP contribution is -2.44. The SMILES string of the molecule is Cc1csc(CC(=O)NNC(=O)COC(=O)c2ccc(O)cc2)n1. The Labute approximate surface area is 141 Å². The number of phenols is 1. The van der Waals surface area contributed by atoms with Crippen LogP contribution in [0, 0.1) is 6.92 Å². The number of nitrogens with zero attached hydrogens (tertiary/aromatic N) is 1. The average Bonchev–Trinajstić information content (AvgIpc) is 2.96. The number of hydrogen-bond donors (Lipinski definition) is 3. The second kappa shape index (κ2) is 8.06. The number of nitrogens with one attached hydrogen (secondary N) is 2. The number of hydrogen-bond acceptors (Lipinski definition) is 7. The van der Waals surface area contributed by atoms with E-state index in [2.05, 4.69) is 15.8 Å². The third-order valence-corrected chi connectivity index (χ3v) is 3.72. The Morgan fingerprint density at radius 2 is 1.83 bits per heavy atom. The van der Waals surface area contributed by atoms with E-state index in [-0.39, 0.29) is 17.7 Å². The summed E-state index contributed by atoms with van der Waals surface area (Å²) in [6, 6.07) is 5.40. The maximum Gasteiger partial charge on any atom is 0.338 e. The number of carbonyl (C=O) groups excluding carboxylic acids is 3. The third kappa shape index (κ3) is 5.36. The molecule has 126 valence electrons. The molecule has 0 saturated heterocycles. The first-order valence-corrected chi connectivity index (χ1v) is 7.77. The first kappa shape index (κ1) is 17.4. The molecule has 0 radical (unpaired) electrons. The molecular formula is C15H15N3O5S. The van der Waals surface area contributed by atoms with Crippen molar-refractivity contribution >= 4 is 29.1 Å². The van der Waals surface area contributed by atoms with Gasteiger partial charge in [0.2, 0.25) is 5.91 Å². The van der Waals surface area contributed by atoms with E-state index in [1.54, 1.807) is 0 Å². The van der Waals surface area contributed by atoms with E-state index >= 15 is 0 Å². The highest BCUT2D eigenvalue weighted by molar-refractivity contribution is 7.09. The number of aromatic hydroxyl groups is 1. The highest BCUT2D eigenvalue weighted by Gasteiger charge is 2.12. The lowest BCUT2D eigenvalue weighted by molar-refractivity contribution is -0.130. The molecule has 2 aromatic rings. The molecule has 2 amide bonds. The molecule has 1 aromatic carbocycles. The van der Waals surface area contributed by atoms with Crippen molar-refractivity contribution in [1.82, 2.24) is 15.8 Å². The van der Waals surface area contributed by atoms with Crippen LogP contribution >= 0.6 is 11.3 Å². The van der Waals surface area contributed by atoms with Crippen LogP contribution in [0.25, 0.3) is 0 Å². The quantitative estimate of drug-likeness (QED) is 0.540. The molecule has 0 spiro atoms.